The first-order valence-electron chi connectivity index (χ1n) is 5.25. The number of halogens is 3. The molecular weight excluding hydrogens is 339 g/mol. The molecule has 0 radical (unpaired) electrons. The van der Waals surface area contributed by atoms with Crippen LogP contribution in [0.15, 0.2) is 34.8 Å². The number of nitrogens with two attached hydrogens (primary N) is 1. The number of hydrogen-bond donors (Lipinski definition) is 2. The van der Waals surface area contributed by atoms with Gasteiger partial charge in [0.15, 0.2) is 0 Å². The fourth-order valence-corrected chi connectivity index (χ4v) is 3.36. The second-order valence-electron chi connectivity index (χ2n) is 3.80. The molecule has 0 aliphatic heterocycles. The first-order valence-corrected chi connectivity index (χ1v) is 7.24. The van der Waals surface area contributed by atoms with Gasteiger partial charge in [-0.2, -0.15) is 0 Å². The van der Waals surface area contributed by atoms with Crippen LogP contribution in [-0.2, 0) is 6.42 Å². The zero-order valence-electron chi connectivity index (χ0n) is 9.29. The van der Waals surface area contributed by atoms with Crippen LogP contribution in [0.5, 0.6) is 0 Å². The summed E-state index contributed by atoms with van der Waals surface area (Å²) in [6, 6.07) is 8.19. The van der Waals surface area contributed by atoms with Crippen molar-refractivity contribution >= 4 is 38.9 Å². The van der Waals surface area contributed by atoms with Gasteiger partial charge >= 0.3 is 0 Å². The van der Waals surface area contributed by atoms with Crippen LogP contribution in [0.25, 0.3) is 0 Å². The summed E-state index contributed by atoms with van der Waals surface area (Å²) in [4.78, 5) is 1.10. The summed E-state index contributed by atoms with van der Waals surface area (Å²) in [5, 5.41) is 0. The van der Waals surface area contributed by atoms with Gasteiger partial charge in [-0.05, 0) is 35.9 Å². The molecule has 2 aromatic rings. The molecule has 2 nitrogen and oxygen atoms in total. The summed E-state index contributed by atoms with van der Waals surface area (Å²) in [7, 11) is 0. The van der Waals surface area contributed by atoms with Crippen LogP contribution in [0, 0.1) is 5.82 Å². The summed E-state index contributed by atoms with van der Waals surface area (Å²) in [5.41, 5.74) is 3.50. The van der Waals surface area contributed by atoms with E-state index in [1.807, 2.05) is 12.1 Å². The predicted octanol–water partition coefficient (Wildman–Crippen LogP) is 4.05. The molecule has 2 rings (SSSR count). The van der Waals surface area contributed by atoms with Gasteiger partial charge in [0.25, 0.3) is 0 Å². The highest BCUT2D eigenvalue weighted by molar-refractivity contribution is 9.10. The lowest BCUT2D eigenvalue weighted by atomic mass is 10.0. The van der Waals surface area contributed by atoms with Crippen LogP contribution >= 0.6 is 38.9 Å². The van der Waals surface area contributed by atoms with Crippen LogP contribution in [0.3, 0.4) is 0 Å². The number of hydrogen-bond acceptors (Lipinski definition) is 3. The zero-order valence-corrected chi connectivity index (χ0v) is 12.4. The lowest BCUT2D eigenvalue weighted by Gasteiger charge is -2.17. The molecule has 1 atom stereocenters. The molecule has 1 aromatic heterocycles. The SMILES string of the molecule is NNC(Cc1ccc(Cl)s1)c1cc(F)ccc1Br. The van der Waals surface area contributed by atoms with Crippen molar-refractivity contribution in [2.75, 3.05) is 0 Å². The number of benzene rings is 1. The van der Waals surface area contributed by atoms with Crippen molar-refractivity contribution in [2.45, 2.75) is 12.5 Å². The van der Waals surface area contributed by atoms with E-state index >= 15 is 0 Å². The zero-order chi connectivity index (χ0) is 13.1. The predicted molar refractivity (Wildman–Crippen MR) is 77.2 cm³/mol. The van der Waals surface area contributed by atoms with Crippen LogP contribution < -0.4 is 11.3 Å². The molecule has 0 amide bonds. The van der Waals surface area contributed by atoms with E-state index in [-0.39, 0.29) is 11.9 Å². The minimum Gasteiger partial charge on any atom is -0.271 e. The van der Waals surface area contributed by atoms with Crippen molar-refractivity contribution in [1.82, 2.24) is 5.43 Å². The summed E-state index contributed by atoms with van der Waals surface area (Å²) >= 11 is 10.8. The Morgan fingerprint density at radius 1 is 1.39 bits per heavy atom. The van der Waals surface area contributed by atoms with Gasteiger partial charge in [0.2, 0.25) is 0 Å². The second-order valence-corrected chi connectivity index (χ2v) is 6.45. The van der Waals surface area contributed by atoms with Crippen molar-refractivity contribution < 1.29 is 4.39 Å². The summed E-state index contributed by atoms with van der Waals surface area (Å²) in [6.07, 6.45) is 0.663. The van der Waals surface area contributed by atoms with Crippen molar-refractivity contribution in [2.24, 2.45) is 5.84 Å². The maximum atomic E-state index is 13.3. The van der Waals surface area contributed by atoms with Crippen LogP contribution in [0.1, 0.15) is 16.5 Å². The average molecular weight is 350 g/mol. The van der Waals surface area contributed by atoms with Crippen LogP contribution in [0.2, 0.25) is 4.34 Å². The van der Waals surface area contributed by atoms with E-state index in [1.165, 1.54) is 23.5 Å². The van der Waals surface area contributed by atoms with Gasteiger partial charge in [0.1, 0.15) is 5.82 Å². The number of rotatable bonds is 4. The van der Waals surface area contributed by atoms with Crippen molar-refractivity contribution in [3.63, 3.8) is 0 Å². The summed E-state index contributed by atoms with van der Waals surface area (Å²) < 4.78 is 14.8. The fourth-order valence-electron chi connectivity index (χ4n) is 1.70. The maximum Gasteiger partial charge on any atom is 0.123 e. The first-order chi connectivity index (χ1) is 8.60. The molecule has 0 spiro atoms. The Labute approximate surface area is 122 Å². The third-order valence-electron chi connectivity index (χ3n) is 2.57. The Balaban J connectivity index is 2.25. The third kappa shape index (κ3) is 3.30. The summed E-state index contributed by atoms with van der Waals surface area (Å²) in [6.45, 7) is 0. The monoisotopic (exact) mass is 348 g/mol. The lowest BCUT2D eigenvalue weighted by molar-refractivity contribution is 0.545. The second kappa shape index (κ2) is 6.12. The van der Waals surface area contributed by atoms with Gasteiger partial charge in [-0.15, -0.1) is 11.3 Å². The summed E-state index contributed by atoms with van der Waals surface area (Å²) in [5.74, 6) is 5.28. The molecule has 0 aliphatic rings. The molecular formula is C12H11BrClFN2S. The Kier molecular flexibility index (Phi) is 4.75. The molecule has 0 aliphatic carbocycles. The van der Waals surface area contributed by atoms with E-state index < -0.39 is 0 Å². The minimum atomic E-state index is -0.280. The number of hydrazine groups is 1. The quantitative estimate of drug-likeness (QED) is 0.645. The topological polar surface area (TPSA) is 38.0 Å². The molecule has 1 heterocycles. The Morgan fingerprint density at radius 3 is 2.78 bits per heavy atom. The molecule has 96 valence electrons. The molecule has 0 saturated heterocycles. The van der Waals surface area contributed by atoms with Gasteiger partial charge in [-0.25, -0.2) is 4.39 Å². The molecule has 6 heteroatoms. The lowest BCUT2D eigenvalue weighted by Crippen LogP contribution is -2.29. The van der Waals surface area contributed by atoms with E-state index in [2.05, 4.69) is 21.4 Å². The van der Waals surface area contributed by atoms with Crippen molar-refractivity contribution in [3.8, 4) is 0 Å². The van der Waals surface area contributed by atoms with E-state index in [9.17, 15) is 4.39 Å². The van der Waals surface area contributed by atoms with E-state index in [4.69, 9.17) is 17.4 Å². The molecule has 3 N–H and O–H groups in total. The van der Waals surface area contributed by atoms with Crippen LogP contribution in [-0.4, -0.2) is 0 Å². The van der Waals surface area contributed by atoms with Gasteiger partial charge in [0, 0.05) is 15.8 Å². The van der Waals surface area contributed by atoms with Crippen LogP contribution in [0.4, 0.5) is 4.39 Å². The molecule has 18 heavy (non-hydrogen) atoms. The van der Waals surface area contributed by atoms with E-state index in [0.717, 1.165) is 19.2 Å². The van der Waals surface area contributed by atoms with E-state index in [1.54, 1.807) is 6.07 Å². The minimum absolute atomic E-state index is 0.162. The number of thiophene rings is 1. The highest BCUT2D eigenvalue weighted by Crippen LogP contribution is 2.30. The molecule has 0 bridgehead atoms. The Bertz CT molecular complexity index is 547. The Hall–Kier alpha value is -0.460. The Morgan fingerprint density at radius 2 is 2.17 bits per heavy atom. The first kappa shape index (κ1) is 14.0. The van der Waals surface area contributed by atoms with Gasteiger partial charge in [0.05, 0.1) is 10.4 Å². The largest absolute Gasteiger partial charge is 0.271 e. The fraction of sp³-hybridized carbons (Fsp3) is 0.167. The van der Waals surface area contributed by atoms with Gasteiger partial charge in [-0.1, -0.05) is 27.5 Å². The molecule has 1 aromatic carbocycles. The van der Waals surface area contributed by atoms with E-state index in [0.29, 0.717) is 6.42 Å². The molecule has 1 unspecified atom stereocenters. The standard InChI is InChI=1S/C12H11BrClFN2S/c13-10-3-1-7(15)5-9(10)11(17-16)6-8-2-4-12(14)18-8/h1-5,11,17H,6,16H2. The molecule has 0 saturated carbocycles. The van der Waals surface area contributed by atoms with Crippen molar-refractivity contribution in [1.29, 1.82) is 0 Å². The highest BCUT2D eigenvalue weighted by Gasteiger charge is 2.15. The average Bonchev–Trinajstić information content (AvgIpc) is 2.75. The smallest absolute Gasteiger partial charge is 0.123 e. The highest BCUT2D eigenvalue weighted by atomic mass is 79.9. The normalized spacial score (nSPS) is 12.7. The maximum absolute atomic E-state index is 13.3. The van der Waals surface area contributed by atoms with Gasteiger partial charge < -0.3 is 0 Å². The van der Waals surface area contributed by atoms with Gasteiger partial charge in [-0.3, -0.25) is 11.3 Å². The van der Waals surface area contributed by atoms with Crippen molar-refractivity contribution in [3.05, 3.63) is 55.4 Å². The number of nitrogens with one attached hydrogen (secondary N) is 1. The molecule has 0 fully saturated rings. The third-order valence-corrected chi connectivity index (χ3v) is 4.54.